The van der Waals surface area contributed by atoms with Crippen molar-refractivity contribution in [1.29, 1.82) is 0 Å². The Hall–Kier alpha value is -1.17. The average molecular weight is 310 g/mol. The Kier molecular flexibility index (Phi) is 3.92. The minimum Gasteiger partial charge on any atom is -0.316 e. The van der Waals surface area contributed by atoms with E-state index in [1.54, 1.807) is 4.90 Å². The topological polar surface area (TPSA) is 27.2 Å². The van der Waals surface area contributed by atoms with Crippen LogP contribution in [0, 0.1) is 4.77 Å². The second-order valence-corrected chi connectivity index (χ2v) is 6.09. The smallest absolute Gasteiger partial charge is 0.202 e. The zero-order chi connectivity index (χ0) is 14.1. The van der Waals surface area contributed by atoms with Gasteiger partial charge in [-0.3, -0.25) is 0 Å². The summed E-state index contributed by atoms with van der Waals surface area (Å²) in [7, 11) is 1.97. The largest absolute Gasteiger partial charge is 0.316 e. The lowest BCUT2D eigenvalue weighted by molar-refractivity contribution is -0.911. The van der Waals surface area contributed by atoms with Crippen molar-refractivity contribution in [2.75, 3.05) is 13.1 Å². The summed E-state index contributed by atoms with van der Waals surface area (Å²) in [6.07, 6.45) is 2.61. The van der Waals surface area contributed by atoms with Gasteiger partial charge in [-0.15, -0.1) is 5.10 Å². The highest BCUT2D eigenvalue weighted by Gasteiger charge is 2.18. The Bertz CT molecular complexity index is 653. The highest BCUT2D eigenvalue weighted by Crippen LogP contribution is 2.19. The molecule has 106 valence electrons. The number of aromatic nitrogens is 3. The van der Waals surface area contributed by atoms with Gasteiger partial charge < -0.3 is 9.47 Å². The lowest BCUT2D eigenvalue weighted by Crippen LogP contribution is -3.09. The molecule has 2 aromatic rings. The normalized spacial score (nSPS) is 15.9. The first-order valence-electron chi connectivity index (χ1n) is 6.88. The average Bonchev–Trinajstić information content (AvgIpc) is 3.04. The maximum Gasteiger partial charge on any atom is 0.202 e. The van der Waals surface area contributed by atoms with E-state index < -0.39 is 0 Å². The van der Waals surface area contributed by atoms with Gasteiger partial charge in [0, 0.05) is 30.5 Å². The molecular weight excluding hydrogens is 292 g/mol. The van der Waals surface area contributed by atoms with Crippen molar-refractivity contribution in [3.05, 3.63) is 34.1 Å². The van der Waals surface area contributed by atoms with Crippen LogP contribution in [-0.2, 0) is 13.7 Å². The predicted octanol–water partition coefficient (Wildman–Crippen LogP) is 1.91. The molecule has 2 heterocycles. The maximum atomic E-state index is 5.93. The van der Waals surface area contributed by atoms with E-state index in [9.17, 15) is 0 Å². The molecule has 1 aromatic heterocycles. The van der Waals surface area contributed by atoms with Gasteiger partial charge in [-0.25, -0.2) is 0 Å². The van der Waals surface area contributed by atoms with Gasteiger partial charge >= 0.3 is 0 Å². The number of hydrogen-bond acceptors (Lipinski definition) is 2. The van der Waals surface area contributed by atoms with Crippen LogP contribution in [0.25, 0.3) is 11.4 Å². The summed E-state index contributed by atoms with van der Waals surface area (Å²) in [6, 6.07) is 7.72. The molecule has 1 aliphatic rings. The molecule has 0 atom stereocenters. The number of halogens is 1. The summed E-state index contributed by atoms with van der Waals surface area (Å²) in [5.41, 5.74) is 1.04. The summed E-state index contributed by atoms with van der Waals surface area (Å²) in [5.74, 6) is 0.894. The van der Waals surface area contributed by atoms with Crippen LogP contribution in [0.5, 0.6) is 0 Å². The van der Waals surface area contributed by atoms with Crippen LogP contribution >= 0.6 is 23.8 Å². The molecule has 0 amide bonds. The van der Waals surface area contributed by atoms with Gasteiger partial charge in [-0.1, -0.05) is 11.6 Å². The molecule has 1 aliphatic heterocycles. The van der Waals surface area contributed by atoms with E-state index in [-0.39, 0.29) is 0 Å². The Labute approximate surface area is 128 Å². The van der Waals surface area contributed by atoms with Crippen LogP contribution in [-0.4, -0.2) is 27.4 Å². The standard InChI is InChI=1S/C14H17ClN4S/c1-17-13(11-4-6-12(15)7-5-11)16-19(14(17)20)10-18-8-2-3-9-18/h4-7H,2-3,8-10H2,1H3/p+1. The Morgan fingerprint density at radius 3 is 2.55 bits per heavy atom. The van der Waals surface area contributed by atoms with Crippen LogP contribution in [0.2, 0.25) is 5.02 Å². The van der Waals surface area contributed by atoms with Crippen LogP contribution in [0.15, 0.2) is 24.3 Å². The van der Waals surface area contributed by atoms with Crippen molar-refractivity contribution < 1.29 is 4.90 Å². The van der Waals surface area contributed by atoms with Crippen molar-refractivity contribution in [3.8, 4) is 11.4 Å². The maximum absolute atomic E-state index is 5.93. The fourth-order valence-corrected chi connectivity index (χ4v) is 3.00. The zero-order valence-electron chi connectivity index (χ0n) is 11.5. The van der Waals surface area contributed by atoms with Crippen molar-refractivity contribution in [3.63, 3.8) is 0 Å². The number of benzene rings is 1. The van der Waals surface area contributed by atoms with Crippen molar-refractivity contribution in [2.24, 2.45) is 7.05 Å². The highest BCUT2D eigenvalue weighted by atomic mass is 35.5. The Morgan fingerprint density at radius 2 is 1.90 bits per heavy atom. The van der Waals surface area contributed by atoms with Gasteiger partial charge in [0.15, 0.2) is 12.5 Å². The van der Waals surface area contributed by atoms with Gasteiger partial charge in [-0.2, -0.15) is 4.68 Å². The molecule has 1 fully saturated rings. The number of likely N-dealkylation sites (tertiary alicyclic amines) is 1. The van der Waals surface area contributed by atoms with E-state index in [4.69, 9.17) is 23.8 Å². The molecule has 0 saturated carbocycles. The van der Waals surface area contributed by atoms with E-state index in [2.05, 4.69) is 5.10 Å². The quantitative estimate of drug-likeness (QED) is 0.877. The molecule has 0 spiro atoms. The van der Waals surface area contributed by atoms with E-state index in [0.29, 0.717) is 0 Å². The SMILES string of the molecule is Cn1c(-c2ccc(Cl)cc2)nn(C[NH+]2CCCC2)c1=S. The molecular formula is C14H18ClN4S+. The van der Waals surface area contributed by atoms with Gasteiger partial charge in [0.25, 0.3) is 0 Å². The predicted molar refractivity (Wildman–Crippen MR) is 82.4 cm³/mol. The van der Waals surface area contributed by atoms with Crippen LogP contribution in [0.3, 0.4) is 0 Å². The fraction of sp³-hybridized carbons (Fsp3) is 0.429. The number of quaternary nitrogens is 1. The van der Waals surface area contributed by atoms with Crippen molar-refractivity contribution in [1.82, 2.24) is 14.3 Å². The zero-order valence-corrected chi connectivity index (χ0v) is 13.0. The lowest BCUT2D eigenvalue weighted by atomic mass is 10.2. The van der Waals surface area contributed by atoms with Gasteiger partial charge in [0.2, 0.25) is 4.77 Å². The number of nitrogens with one attached hydrogen (secondary N) is 1. The molecule has 0 unspecified atom stereocenters. The third-order valence-corrected chi connectivity index (χ3v) is 4.56. The first kappa shape index (κ1) is 13.8. The number of hydrogen-bond donors (Lipinski definition) is 1. The van der Waals surface area contributed by atoms with Gasteiger partial charge in [-0.05, 0) is 36.5 Å². The summed E-state index contributed by atoms with van der Waals surface area (Å²) < 4.78 is 4.68. The number of rotatable bonds is 3. The molecule has 1 aromatic carbocycles. The molecule has 1 saturated heterocycles. The minimum absolute atomic E-state index is 0.732. The first-order valence-corrected chi connectivity index (χ1v) is 7.67. The Morgan fingerprint density at radius 1 is 1.25 bits per heavy atom. The molecule has 0 bridgehead atoms. The van der Waals surface area contributed by atoms with Crippen molar-refractivity contribution >= 4 is 23.8 Å². The molecule has 0 aliphatic carbocycles. The summed E-state index contributed by atoms with van der Waals surface area (Å²) in [6.45, 7) is 3.30. The second kappa shape index (κ2) is 5.68. The summed E-state index contributed by atoms with van der Waals surface area (Å²) in [5, 5.41) is 5.42. The molecule has 4 nitrogen and oxygen atoms in total. The second-order valence-electron chi connectivity index (χ2n) is 5.29. The third kappa shape index (κ3) is 2.66. The molecule has 0 radical (unpaired) electrons. The van der Waals surface area contributed by atoms with E-state index in [0.717, 1.165) is 27.9 Å². The Balaban J connectivity index is 1.92. The fourth-order valence-electron chi connectivity index (χ4n) is 2.69. The number of nitrogens with zero attached hydrogens (tertiary/aromatic N) is 3. The van der Waals surface area contributed by atoms with Crippen LogP contribution in [0.4, 0.5) is 0 Å². The van der Waals surface area contributed by atoms with Crippen molar-refractivity contribution in [2.45, 2.75) is 19.5 Å². The van der Waals surface area contributed by atoms with Crippen LogP contribution in [0.1, 0.15) is 12.8 Å². The van der Waals surface area contributed by atoms with Crippen LogP contribution < -0.4 is 4.90 Å². The lowest BCUT2D eigenvalue weighted by Gasteiger charge is -2.10. The molecule has 3 rings (SSSR count). The summed E-state index contributed by atoms with van der Waals surface area (Å²) >= 11 is 11.4. The monoisotopic (exact) mass is 309 g/mol. The minimum atomic E-state index is 0.732. The highest BCUT2D eigenvalue weighted by molar-refractivity contribution is 7.71. The molecule has 6 heteroatoms. The van der Waals surface area contributed by atoms with Gasteiger partial charge in [0.1, 0.15) is 0 Å². The van der Waals surface area contributed by atoms with E-state index in [1.807, 2.05) is 40.6 Å². The molecule has 20 heavy (non-hydrogen) atoms. The molecule has 1 N–H and O–H groups in total. The van der Waals surface area contributed by atoms with E-state index >= 15 is 0 Å². The van der Waals surface area contributed by atoms with E-state index in [1.165, 1.54) is 25.9 Å². The first-order chi connectivity index (χ1) is 9.65. The summed E-state index contributed by atoms with van der Waals surface area (Å²) in [4.78, 5) is 1.56. The third-order valence-electron chi connectivity index (χ3n) is 3.83. The van der Waals surface area contributed by atoms with Gasteiger partial charge in [0.05, 0.1) is 13.1 Å².